The monoisotopic (exact) mass is 405 g/mol. The standard InChI is InChI=1S/C10H5F10N3O3/c1-22-2-3(24)23(5(26)8(13,14)10(18,19)20)6(22)21-4(25)7(11,12)9(15,16)17/h2H2,1H3. The van der Waals surface area contributed by atoms with Crippen molar-refractivity contribution in [2.24, 2.45) is 4.99 Å². The van der Waals surface area contributed by atoms with Crippen LogP contribution in [0, 0.1) is 0 Å². The molecular formula is C10H5F10N3O3. The summed E-state index contributed by atoms with van der Waals surface area (Å²) in [7, 11) is 0.620. The lowest BCUT2D eigenvalue weighted by Gasteiger charge is -2.24. The van der Waals surface area contributed by atoms with Crippen molar-refractivity contribution >= 4 is 23.7 Å². The summed E-state index contributed by atoms with van der Waals surface area (Å²) in [5, 5.41) is 0. The molecule has 1 rings (SSSR count). The molecule has 0 aromatic rings. The van der Waals surface area contributed by atoms with Gasteiger partial charge in [0.1, 0.15) is 6.54 Å². The predicted molar refractivity (Wildman–Crippen MR) is 58.9 cm³/mol. The van der Waals surface area contributed by atoms with E-state index in [1.54, 1.807) is 0 Å². The van der Waals surface area contributed by atoms with E-state index in [1.165, 1.54) is 0 Å². The maximum atomic E-state index is 13.1. The molecule has 0 N–H and O–H groups in total. The average Bonchev–Trinajstić information content (AvgIpc) is 2.69. The number of carbonyl (C=O) groups excluding carboxylic acids is 3. The largest absolute Gasteiger partial charge is 0.463 e. The molecule has 1 heterocycles. The lowest BCUT2D eigenvalue weighted by atomic mass is 10.3. The summed E-state index contributed by atoms with van der Waals surface area (Å²) < 4.78 is 125. The number of hydrogen-bond acceptors (Lipinski definition) is 3. The first-order valence-electron chi connectivity index (χ1n) is 5.96. The molecule has 0 bridgehead atoms. The van der Waals surface area contributed by atoms with Crippen LogP contribution in [0.5, 0.6) is 0 Å². The van der Waals surface area contributed by atoms with Crippen molar-refractivity contribution in [3.8, 4) is 0 Å². The molecule has 1 fully saturated rings. The molecule has 3 amide bonds. The van der Waals surface area contributed by atoms with E-state index < -0.39 is 59.3 Å². The van der Waals surface area contributed by atoms with Crippen LogP contribution in [-0.2, 0) is 14.4 Å². The van der Waals surface area contributed by atoms with Gasteiger partial charge in [-0.15, -0.1) is 0 Å². The van der Waals surface area contributed by atoms with Gasteiger partial charge in [-0.3, -0.25) is 14.4 Å². The van der Waals surface area contributed by atoms with Gasteiger partial charge in [-0.2, -0.15) is 48.9 Å². The number of halogens is 10. The third kappa shape index (κ3) is 3.44. The van der Waals surface area contributed by atoms with Gasteiger partial charge < -0.3 is 4.90 Å². The zero-order valence-corrected chi connectivity index (χ0v) is 12.1. The van der Waals surface area contributed by atoms with Gasteiger partial charge in [-0.25, -0.2) is 4.90 Å². The number of hydrogen-bond donors (Lipinski definition) is 0. The second-order valence-corrected chi connectivity index (χ2v) is 4.75. The third-order valence-electron chi connectivity index (χ3n) is 2.82. The summed E-state index contributed by atoms with van der Waals surface area (Å²) >= 11 is 0. The number of guanidine groups is 1. The fourth-order valence-corrected chi connectivity index (χ4v) is 1.51. The molecule has 6 nitrogen and oxygen atoms in total. The van der Waals surface area contributed by atoms with Crippen LogP contribution >= 0.6 is 0 Å². The van der Waals surface area contributed by atoms with E-state index in [4.69, 9.17) is 0 Å². The van der Waals surface area contributed by atoms with Crippen molar-refractivity contribution in [3.05, 3.63) is 0 Å². The number of nitrogens with zero attached hydrogens (tertiary/aromatic N) is 3. The van der Waals surface area contributed by atoms with E-state index in [9.17, 15) is 58.3 Å². The quantitative estimate of drug-likeness (QED) is 0.655. The van der Waals surface area contributed by atoms with Crippen molar-refractivity contribution in [3.63, 3.8) is 0 Å². The van der Waals surface area contributed by atoms with Crippen LogP contribution in [0.15, 0.2) is 4.99 Å². The Hall–Kier alpha value is -2.42. The van der Waals surface area contributed by atoms with Crippen molar-refractivity contribution in [2.45, 2.75) is 24.2 Å². The van der Waals surface area contributed by atoms with Crippen LogP contribution < -0.4 is 0 Å². The predicted octanol–water partition coefficient (Wildman–Crippen LogP) is 1.56. The van der Waals surface area contributed by atoms with Crippen LogP contribution in [0.3, 0.4) is 0 Å². The Morgan fingerprint density at radius 1 is 0.885 bits per heavy atom. The Bertz CT molecular complexity index is 666. The van der Waals surface area contributed by atoms with Crippen LogP contribution in [0.1, 0.15) is 0 Å². The van der Waals surface area contributed by atoms with Gasteiger partial charge in [-0.1, -0.05) is 0 Å². The average molecular weight is 405 g/mol. The Morgan fingerprint density at radius 3 is 1.69 bits per heavy atom. The molecule has 0 aliphatic carbocycles. The molecule has 1 saturated heterocycles. The number of amides is 3. The number of alkyl halides is 10. The summed E-state index contributed by atoms with van der Waals surface area (Å²) in [5.74, 6) is -22.7. The maximum Gasteiger partial charge on any atom is 0.463 e. The van der Waals surface area contributed by atoms with Gasteiger partial charge in [0.15, 0.2) is 0 Å². The number of likely N-dealkylation sites (N-methyl/N-ethyl adjacent to an activating group) is 1. The van der Waals surface area contributed by atoms with Crippen LogP contribution in [0.25, 0.3) is 0 Å². The SMILES string of the molecule is CN1CC(=O)N(C(=O)C(F)(F)C(F)(F)F)C1=NC(=O)C(F)(F)C(F)(F)F. The molecule has 1 aliphatic heterocycles. The molecule has 148 valence electrons. The molecule has 0 spiro atoms. The highest BCUT2D eigenvalue weighted by atomic mass is 19.4. The minimum atomic E-state index is -6.52. The lowest BCUT2D eigenvalue weighted by Crippen LogP contribution is -2.55. The minimum Gasteiger partial charge on any atom is -0.335 e. The Labute approximate surface area is 136 Å². The van der Waals surface area contributed by atoms with E-state index >= 15 is 0 Å². The number of rotatable bonds is 2. The van der Waals surface area contributed by atoms with Gasteiger partial charge in [0.2, 0.25) is 5.96 Å². The second-order valence-electron chi connectivity index (χ2n) is 4.75. The summed E-state index contributed by atoms with van der Waals surface area (Å²) in [5.41, 5.74) is 0. The van der Waals surface area contributed by atoms with Gasteiger partial charge >= 0.3 is 36.0 Å². The molecule has 0 atom stereocenters. The van der Waals surface area contributed by atoms with Crippen LogP contribution in [-0.4, -0.2) is 71.3 Å². The topological polar surface area (TPSA) is 70.1 Å². The highest BCUT2D eigenvalue weighted by Crippen LogP contribution is 2.39. The van der Waals surface area contributed by atoms with Crippen molar-refractivity contribution < 1.29 is 58.3 Å². The van der Waals surface area contributed by atoms with Gasteiger partial charge in [0.05, 0.1) is 0 Å². The molecule has 0 radical (unpaired) electrons. The lowest BCUT2D eigenvalue weighted by molar-refractivity contribution is -0.272. The maximum absolute atomic E-state index is 13.1. The third-order valence-corrected chi connectivity index (χ3v) is 2.82. The zero-order valence-electron chi connectivity index (χ0n) is 12.1. The molecule has 0 saturated carbocycles. The Balaban J connectivity index is 3.39. The van der Waals surface area contributed by atoms with E-state index in [0.717, 1.165) is 0 Å². The smallest absolute Gasteiger partial charge is 0.335 e. The van der Waals surface area contributed by atoms with Crippen LogP contribution in [0.2, 0.25) is 0 Å². The highest BCUT2D eigenvalue weighted by Gasteiger charge is 2.67. The summed E-state index contributed by atoms with van der Waals surface area (Å²) in [4.78, 5) is 34.8. The summed E-state index contributed by atoms with van der Waals surface area (Å²) in [6, 6.07) is 0. The molecule has 16 heteroatoms. The fraction of sp³-hybridized carbons (Fsp3) is 0.600. The van der Waals surface area contributed by atoms with Crippen molar-refractivity contribution in [1.82, 2.24) is 9.80 Å². The highest BCUT2D eigenvalue weighted by molar-refractivity contribution is 6.20. The molecule has 0 aromatic carbocycles. The molecule has 26 heavy (non-hydrogen) atoms. The first-order valence-corrected chi connectivity index (χ1v) is 5.96. The van der Waals surface area contributed by atoms with Crippen LogP contribution in [0.4, 0.5) is 43.9 Å². The molecule has 0 unspecified atom stereocenters. The first kappa shape index (κ1) is 21.6. The van der Waals surface area contributed by atoms with Crippen molar-refractivity contribution in [1.29, 1.82) is 0 Å². The molecule has 0 aromatic heterocycles. The molecular weight excluding hydrogens is 400 g/mol. The normalized spacial score (nSPS) is 18.7. The zero-order chi connectivity index (χ0) is 20.9. The number of aliphatic imine (C=N–C) groups is 1. The Kier molecular flexibility index (Phi) is 5.06. The van der Waals surface area contributed by atoms with Gasteiger partial charge in [0.25, 0.3) is 5.91 Å². The summed E-state index contributed by atoms with van der Waals surface area (Å²) in [6.07, 6.45) is -13.0. The van der Waals surface area contributed by atoms with Gasteiger partial charge in [0, 0.05) is 7.05 Å². The second kappa shape index (κ2) is 6.08. The van der Waals surface area contributed by atoms with E-state index in [2.05, 4.69) is 4.99 Å². The van der Waals surface area contributed by atoms with E-state index in [-0.39, 0.29) is 4.90 Å². The van der Waals surface area contributed by atoms with E-state index in [1.807, 2.05) is 0 Å². The first-order chi connectivity index (χ1) is 11.4. The number of carbonyl (C=O) groups is 3. The number of imide groups is 1. The fourth-order valence-electron chi connectivity index (χ4n) is 1.51. The van der Waals surface area contributed by atoms with E-state index in [0.29, 0.717) is 7.05 Å². The molecule has 1 aliphatic rings. The minimum absolute atomic E-state index is 0.164. The van der Waals surface area contributed by atoms with Gasteiger partial charge in [-0.05, 0) is 0 Å². The van der Waals surface area contributed by atoms with Crippen molar-refractivity contribution in [2.75, 3.05) is 13.6 Å². The summed E-state index contributed by atoms with van der Waals surface area (Å²) in [6.45, 7) is -1.19. The Morgan fingerprint density at radius 2 is 1.31 bits per heavy atom.